The summed E-state index contributed by atoms with van der Waals surface area (Å²) in [4.78, 5) is 0. The highest BCUT2D eigenvalue weighted by atomic mass is 19.4. The Labute approximate surface area is 197 Å². The van der Waals surface area contributed by atoms with Crippen LogP contribution in [0, 0.1) is 12.8 Å². The van der Waals surface area contributed by atoms with Gasteiger partial charge in [-0.2, -0.15) is 13.2 Å². The van der Waals surface area contributed by atoms with Gasteiger partial charge < -0.3 is 20.5 Å². The largest absolute Gasteiger partial charge is 0.507 e. The number of alkyl halides is 4. The van der Waals surface area contributed by atoms with Crippen molar-refractivity contribution in [1.82, 2.24) is 10.6 Å². The Kier molecular flexibility index (Phi) is 6.95. The lowest BCUT2D eigenvalue weighted by Crippen LogP contribution is -2.56. The zero-order chi connectivity index (χ0) is 24.6. The lowest BCUT2D eigenvalue weighted by molar-refractivity contribution is -0.267. The summed E-state index contributed by atoms with van der Waals surface area (Å²) in [5, 5.41) is 17.5. The van der Waals surface area contributed by atoms with Crippen molar-refractivity contribution in [3.63, 3.8) is 0 Å². The molecule has 2 aliphatic rings. The third kappa shape index (κ3) is 4.81. The quantitative estimate of drug-likeness (QED) is 0.509. The van der Waals surface area contributed by atoms with Crippen LogP contribution in [-0.4, -0.2) is 37.1 Å². The third-order valence-electron chi connectivity index (χ3n) is 7.14. The van der Waals surface area contributed by atoms with Crippen molar-refractivity contribution >= 4 is 0 Å². The van der Waals surface area contributed by atoms with Crippen LogP contribution < -0.4 is 10.6 Å². The molecule has 2 atom stereocenters. The monoisotopic (exact) mass is 480 g/mol. The van der Waals surface area contributed by atoms with Gasteiger partial charge in [0.15, 0.2) is 0 Å². The first kappa shape index (κ1) is 24.9. The number of aromatic hydroxyl groups is 1. The summed E-state index contributed by atoms with van der Waals surface area (Å²) >= 11 is 0. The second-order valence-electron chi connectivity index (χ2n) is 9.49. The van der Waals surface area contributed by atoms with Crippen molar-refractivity contribution in [2.45, 2.75) is 57.2 Å². The molecule has 0 saturated carbocycles. The van der Waals surface area contributed by atoms with Crippen molar-refractivity contribution in [2.24, 2.45) is 5.92 Å². The van der Waals surface area contributed by atoms with Crippen molar-refractivity contribution in [3.8, 4) is 5.75 Å². The number of hydrogen-bond acceptors (Lipinski definition) is 4. The van der Waals surface area contributed by atoms with Crippen molar-refractivity contribution in [3.05, 3.63) is 64.2 Å². The van der Waals surface area contributed by atoms with Crippen molar-refractivity contribution < 1.29 is 27.4 Å². The number of phenolic OH excluding ortho intramolecular Hbond substituents is 1. The van der Waals surface area contributed by atoms with Crippen molar-refractivity contribution in [2.75, 3.05) is 26.2 Å². The van der Waals surface area contributed by atoms with Crippen LogP contribution in [0.5, 0.6) is 5.75 Å². The molecular formula is C26H32F4N2O2. The molecule has 0 aromatic heterocycles. The molecule has 0 amide bonds. The molecule has 186 valence electrons. The van der Waals surface area contributed by atoms with Crippen LogP contribution in [0.4, 0.5) is 17.6 Å². The summed E-state index contributed by atoms with van der Waals surface area (Å²) in [7, 11) is 0. The zero-order valence-electron chi connectivity index (χ0n) is 19.6. The fourth-order valence-electron chi connectivity index (χ4n) is 5.29. The average Bonchev–Trinajstić information content (AvgIpc) is 2.81. The maximum absolute atomic E-state index is 16.8. The van der Waals surface area contributed by atoms with Gasteiger partial charge in [0, 0.05) is 30.9 Å². The van der Waals surface area contributed by atoms with E-state index in [1.165, 1.54) is 12.1 Å². The fraction of sp³-hybridized carbons (Fsp3) is 0.538. The lowest BCUT2D eigenvalue weighted by Gasteiger charge is -2.49. The van der Waals surface area contributed by atoms with Crippen LogP contribution in [0.25, 0.3) is 0 Å². The van der Waals surface area contributed by atoms with E-state index >= 15 is 4.39 Å². The van der Waals surface area contributed by atoms with Gasteiger partial charge in [0.1, 0.15) is 11.4 Å². The van der Waals surface area contributed by atoms with E-state index < -0.39 is 23.2 Å². The van der Waals surface area contributed by atoms with E-state index in [-0.39, 0.29) is 31.1 Å². The summed E-state index contributed by atoms with van der Waals surface area (Å²) in [6.45, 7) is 5.95. The van der Waals surface area contributed by atoms with E-state index in [1.807, 2.05) is 13.0 Å². The summed E-state index contributed by atoms with van der Waals surface area (Å²) in [5.74, 6) is -2.29. The molecule has 0 aliphatic carbocycles. The number of aryl methyl sites for hydroxylation is 1. The van der Waals surface area contributed by atoms with Gasteiger partial charge in [0.25, 0.3) is 0 Å². The molecule has 0 bridgehead atoms. The second-order valence-corrected chi connectivity index (χ2v) is 9.49. The first-order valence-corrected chi connectivity index (χ1v) is 11.9. The van der Waals surface area contributed by atoms with Gasteiger partial charge in [0.05, 0.1) is 5.56 Å². The number of fused-ring (bicyclic) bond motifs is 1. The van der Waals surface area contributed by atoms with Crippen molar-refractivity contribution in [1.29, 1.82) is 0 Å². The minimum atomic E-state index is -4.43. The molecule has 34 heavy (non-hydrogen) atoms. The Bertz CT molecular complexity index is 1010. The van der Waals surface area contributed by atoms with Gasteiger partial charge in [-0.25, -0.2) is 4.39 Å². The zero-order valence-corrected chi connectivity index (χ0v) is 19.6. The van der Waals surface area contributed by atoms with Crippen LogP contribution in [0.2, 0.25) is 0 Å². The molecule has 2 aliphatic heterocycles. The molecule has 1 fully saturated rings. The predicted octanol–water partition coefficient (Wildman–Crippen LogP) is 5.01. The summed E-state index contributed by atoms with van der Waals surface area (Å²) < 4.78 is 62.5. The normalized spacial score (nSPS) is 25.8. The fourth-order valence-corrected chi connectivity index (χ4v) is 5.29. The van der Waals surface area contributed by atoms with Crippen LogP contribution in [0.15, 0.2) is 36.4 Å². The molecule has 3 N–H and O–H groups in total. The van der Waals surface area contributed by atoms with Gasteiger partial charge in [-0.05, 0) is 68.2 Å². The number of piperidine rings is 1. The third-order valence-corrected chi connectivity index (χ3v) is 7.14. The molecule has 4 rings (SSSR count). The summed E-state index contributed by atoms with van der Waals surface area (Å²) in [6.07, 6.45) is -3.10. The van der Waals surface area contributed by atoms with E-state index in [0.717, 1.165) is 12.1 Å². The Morgan fingerprint density at radius 2 is 1.79 bits per heavy atom. The van der Waals surface area contributed by atoms with Gasteiger partial charge >= 0.3 is 6.18 Å². The molecule has 1 saturated heterocycles. The maximum atomic E-state index is 16.8. The number of ether oxygens (including phenoxy) is 1. The number of nitrogens with one attached hydrogen (secondary N) is 2. The highest BCUT2D eigenvalue weighted by Gasteiger charge is 2.53. The Morgan fingerprint density at radius 3 is 2.41 bits per heavy atom. The molecule has 2 aromatic rings. The SMILES string of the molecule is CCNC[C@]1(Cc2ccc(C(F)(F)F)cc2)O[C@@](F)(C2CCNCC2)Cc2c1ccc(C)c2O. The van der Waals surface area contributed by atoms with Crippen LogP contribution in [0.3, 0.4) is 0 Å². The van der Waals surface area contributed by atoms with E-state index in [4.69, 9.17) is 4.74 Å². The number of rotatable bonds is 6. The summed E-state index contributed by atoms with van der Waals surface area (Å²) in [5.41, 5.74) is 0.543. The average molecular weight is 481 g/mol. The van der Waals surface area contributed by atoms with E-state index in [2.05, 4.69) is 10.6 Å². The second kappa shape index (κ2) is 9.47. The molecule has 0 radical (unpaired) electrons. The first-order valence-electron chi connectivity index (χ1n) is 11.9. The van der Waals surface area contributed by atoms with E-state index in [1.54, 1.807) is 13.0 Å². The van der Waals surface area contributed by atoms with Gasteiger partial charge in [-0.15, -0.1) is 0 Å². The first-order chi connectivity index (χ1) is 16.1. The smallest absolute Gasteiger partial charge is 0.416 e. The molecule has 0 unspecified atom stereocenters. The maximum Gasteiger partial charge on any atom is 0.416 e. The standard InChI is InChI=1S/C26H32F4N2O2/c1-3-31-16-24(14-18-5-7-20(8-6-18)26(28,29)30)22-9-4-17(2)23(33)21(22)15-25(27,34-24)19-10-12-32-13-11-19/h4-9,19,31-33H,3,10-16H2,1-2H3/t24-,25+/m0/s1. The molecule has 4 nitrogen and oxygen atoms in total. The highest BCUT2D eigenvalue weighted by Crippen LogP contribution is 2.50. The Balaban J connectivity index is 1.80. The van der Waals surface area contributed by atoms with E-state index in [0.29, 0.717) is 54.7 Å². The van der Waals surface area contributed by atoms with Gasteiger partial charge in [0.2, 0.25) is 5.85 Å². The molecule has 2 heterocycles. The number of halogens is 4. The minimum Gasteiger partial charge on any atom is -0.507 e. The topological polar surface area (TPSA) is 53.5 Å². The number of hydrogen-bond donors (Lipinski definition) is 3. The minimum absolute atomic E-state index is 0.0542. The Hall–Kier alpha value is -2.16. The predicted molar refractivity (Wildman–Crippen MR) is 122 cm³/mol. The number of likely N-dealkylation sites (N-methyl/N-ethyl adjacent to an activating group) is 1. The molecular weight excluding hydrogens is 448 g/mol. The Morgan fingerprint density at radius 1 is 1.12 bits per heavy atom. The molecule has 8 heteroatoms. The summed E-state index contributed by atoms with van der Waals surface area (Å²) in [6, 6.07) is 8.57. The molecule has 0 spiro atoms. The van der Waals surface area contributed by atoms with Gasteiger partial charge in [-0.1, -0.05) is 31.2 Å². The van der Waals surface area contributed by atoms with Crippen LogP contribution in [-0.2, 0) is 29.4 Å². The number of benzene rings is 2. The van der Waals surface area contributed by atoms with Gasteiger partial charge in [-0.3, -0.25) is 0 Å². The van der Waals surface area contributed by atoms with E-state index in [9.17, 15) is 18.3 Å². The lowest BCUT2D eigenvalue weighted by atomic mass is 9.75. The van der Waals surface area contributed by atoms with Crippen LogP contribution in [0.1, 0.15) is 47.6 Å². The highest BCUT2D eigenvalue weighted by molar-refractivity contribution is 5.50. The molecule has 2 aromatic carbocycles. The number of phenols is 1. The van der Waals surface area contributed by atoms with Crippen LogP contribution >= 0.6 is 0 Å².